The highest BCUT2D eigenvalue weighted by Gasteiger charge is 2.17. The van der Waals surface area contributed by atoms with E-state index in [1.807, 2.05) is 24.3 Å². The Kier molecular flexibility index (Phi) is 5.96. The molecule has 0 saturated heterocycles. The Bertz CT molecular complexity index is 896. The lowest BCUT2D eigenvalue weighted by atomic mass is 10.2. The maximum absolute atomic E-state index is 12.4. The second kappa shape index (κ2) is 8.38. The van der Waals surface area contributed by atoms with Crippen molar-refractivity contribution in [1.29, 1.82) is 0 Å². The molecule has 0 spiro atoms. The van der Waals surface area contributed by atoms with Gasteiger partial charge < -0.3 is 10.1 Å². The molecule has 134 valence electrons. The van der Waals surface area contributed by atoms with Crippen LogP contribution in [-0.4, -0.2) is 21.8 Å². The van der Waals surface area contributed by atoms with Crippen LogP contribution in [-0.2, 0) is 11.3 Å². The van der Waals surface area contributed by atoms with E-state index in [1.165, 1.54) is 0 Å². The van der Waals surface area contributed by atoms with Crippen LogP contribution in [0.2, 0.25) is 5.02 Å². The second-order valence-electron chi connectivity index (χ2n) is 5.67. The van der Waals surface area contributed by atoms with E-state index in [0.29, 0.717) is 23.1 Å². The molecule has 1 atom stereocenters. The van der Waals surface area contributed by atoms with Gasteiger partial charge >= 0.3 is 0 Å². The zero-order valence-corrected chi connectivity index (χ0v) is 16.4. The van der Waals surface area contributed by atoms with Crippen LogP contribution in [0.1, 0.15) is 12.5 Å². The summed E-state index contributed by atoms with van der Waals surface area (Å²) in [5, 5.41) is 7.76. The van der Waals surface area contributed by atoms with Gasteiger partial charge in [0.1, 0.15) is 11.6 Å². The average molecular weight is 435 g/mol. The van der Waals surface area contributed by atoms with Crippen LogP contribution in [0, 0.1) is 0 Å². The molecule has 1 amide bonds. The summed E-state index contributed by atoms with van der Waals surface area (Å²) in [4.78, 5) is 12.4. The van der Waals surface area contributed by atoms with Gasteiger partial charge in [0.2, 0.25) is 0 Å². The van der Waals surface area contributed by atoms with Gasteiger partial charge in [-0.15, -0.1) is 0 Å². The van der Waals surface area contributed by atoms with E-state index in [-0.39, 0.29) is 5.91 Å². The largest absolute Gasteiger partial charge is 0.481 e. The number of anilines is 1. The number of carbonyl (C=O) groups excluding carboxylic acids is 1. The Balaban J connectivity index is 1.65. The number of hydrogen-bond acceptors (Lipinski definition) is 3. The van der Waals surface area contributed by atoms with Crippen molar-refractivity contribution in [3.8, 4) is 5.75 Å². The molecular weight excluding hydrogens is 418 g/mol. The first kappa shape index (κ1) is 18.5. The average Bonchev–Trinajstić information content (AvgIpc) is 3.05. The second-order valence-corrected chi connectivity index (χ2v) is 6.96. The fourth-order valence-corrected chi connectivity index (χ4v) is 2.89. The number of ether oxygens (including phenoxy) is 1. The van der Waals surface area contributed by atoms with Crippen LogP contribution in [0.25, 0.3) is 0 Å². The fourth-order valence-electron chi connectivity index (χ4n) is 2.35. The number of carbonyl (C=O) groups is 1. The molecule has 2 aromatic carbocycles. The van der Waals surface area contributed by atoms with Gasteiger partial charge in [-0.25, -0.2) is 4.68 Å². The summed E-state index contributed by atoms with van der Waals surface area (Å²) in [6.07, 6.45) is 0.986. The molecule has 7 heteroatoms. The summed E-state index contributed by atoms with van der Waals surface area (Å²) in [5.74, 6) is 0.935. The molecule has 1 heterocycles. The molecule has 1 aromatic heterocycles. The Morgan fingerprint density at radius 1 is 1.23 bits per heavy atom. The number of hydrogen-bond donors (Lipinski definition) is 1. The minimum atomic E-state index is -0.664. The van der Waals surface area contributed by atoms with Crippen LogP contribution in [0.15, 0.2) is 65.3 Å². The van der Waals surface area contributed by atoms with Crippen molar-refractivity contribution in [3.05, 3.63) is 75.9 Å². The predicted octanol–water partition coefficient (Wildman–Crippen LogP) is 4.75. The van der Waals surface area contributed by atoms with E-state index in [2.05, 4.69) is 26.3 Å². The lowest BCUT2D eigenvalue weighted by Gasteiger charge is -2.15. The first-order valence-electron chi connectivity index (χ1n) is 8.01. The Labute approximate surface area is 165 Å². The van der Waals surface area contributed by atoms with Gasteiger partial charge in [-0.3, -0.25) is 4.79 Å². The molecule has 1 N–H and O–H groups in total. The standard InChI is InChI=1S/C19H17BrClN3O2/c1-13(26-16-8-6-15(21)7-9-16)19(25)23-18-10-11-22-24(18)12-14-4-2-3-5-17(14)20/h2-11,13H,12H2,1H3,(H,23,25). The lowest BCUT2D eigenvalue weighted by Crippen LogP contribution is -2.31. The first-order chi connectivity index (χ1) is 12.5. The number of halogens is 2. The third kappa shape index (κ3) is 4.65. The van der Waals surface area contributed by atoms with Crippen molar-refractivity contribution >= 4 is 39.3 Å². The summed E-state index contributed by atoms with van der Waals surface area (Å²) < 4.78 is 8.37. The number of aromatic nitrogens is 2. The molecule has 3 rings (SSSR count). The van der Waals surface area contributed by atoms with Crippen LogP contribution >= 0.6 is 27.5 Å². The van der Waals surface area contributed by atoms with Gasteiger partial charge in [0.25, 0.3) is 5.91 Å². The zero-order chi connectivity index (χ0) is 18.5. The third-order valence-electron chi connectivity index (χ3n) is 3.74. The van der Waals surface area contributed by atoms with Gasteiger partial charge in [0.15, 0.2) is 6.10 Å². The monoisotopic (exact) mass is 433 g/mol. The zero-order valence-electron chi connectivity index (χ0n) is 14.0. The summed E-state index contributed by atoms with van der Waals surface area (Å²) in [6, 6.07) is 16.5. The molecular formula is C19H17BrClN3O2. The topological polar surface area (TPSA) is 56.1 Å². The molecule has 26 heavy (non-hydrogen) atoms. The Morgan fingerprint density at radius 2 is 1.96 bits per heavy atom. The summed E-state index contributed by atoms with van der Waals surface area (Å²) in [7, 11) is 0. The van der Waals surface area contributed by atoms with Crippen molar-refractivity contribution < 1.29 is 9.53 Å². The maximum atomic E-state index is 12.4. The van der Waals surface area contributed by atoms with E-state index >= 15 is 0 Å². The van der Waals surface area contributed by atoms with E-state index in [0.717, 1.165) is 10.0 Å². The Hall–Kier alpha value is -2.31. The number of nitrogens with one attached hydrogen (secondary N) is 1. The normalized spacial score (nSPS) is 11.8. The van der Waals surface area contributed by atoms with Gasteiger partial charge in [0.05, 0.1) is 12.7 Å². The van der Waals surface area contributed by atoms with Crippen molar-refractivity contribution in [2.75, 3.05) is 5.32 Å². The van der Waals surface area contributed by atoms with Gasteiger partial charge in [0, 0.05) is 15.6 Å². The molecule has 0 bridgehead atoms. The summed E-state index contributed by atoms with van der Waals surface area (Å²) in [5.41, 5.74) is 1.07. The fraction of sp³-hybridized carbons (Fsp3) is 0.158. The van der Waals surface area contributed by atoms with E-state index in [4.69, 9.17) is 16.3 Å². The highest BCUT2D eigenvalue weighted by atomic mass is 79.9. The molecule has 0 aliphatic carbocycles. The highest BCUT2D eigenvalue weighted by molar-refractivity contribution is 9.10. The third-order valence-corrected chi connectivity index (χ3v) is 4.77. The first-order valence-corrected chi connectivity index (χ1v) is 9.18. The molecule has 0 aliphatic heterocycles. The number of nitrogens with zero attached hydrogens (tertiary/aromatic N) is 2. The quantitative estimate of drug-likeness (QED) is 0.609. The van der Waals surface area contributed by atoms with Crippen molar-refractivity contribution in [1.82, 2.24) is 9.78 Å². The predicted molar refractivity (Wildman–Crippen MR) is 106 cm³/mol. The molecule has 3 aromatic rings. The van der Waals surface area contributed by atoms with E-state index < -0.39 is 6.10 Å². The van der Waals surface area contributed by atoms with Gasteiger partial charge in [-0.05, 0) is 42.8 Å². The minimum Gasteiger partial charge on any atom is -0.481 e. The molecule has 0 aliphatic rings. The van der Waals surface area contributed by atoms with Crippen LogP contribution in [0.4, 0.5) is 5.82 Å². The van der Waals surface area contributed by atoms with Crippen molar-refractivity contribution in [3.63, 3.8) is 0 Å². The number of amides is 1. The number of benzene rings is 2. The molecule has 0 fully saturated rings. The van der Waals surface area contributed by atoms with Gasteiger partial charge in [-0.1, -0.05) is 45.7 Å². The molecule has 0 radical (unpaired) electrons. The SMILES string of the molecule is CC(Oc1ccc(Cl)cc1)C(=O)Nc1ccnn1Cc1ccccc1Br. The Morgan fingerprint density at radius 3 is 2.69 bits per heavy atom. The van der Waals surface area contributed by atoms with Crippen LogP contribution in [0.3, 0.4) is 0 Å². The molecule has 0 saturated carbocycles. The lowest BCUT2D eigenvalue weighted by molar-refractivity contribution is -0.122. The summed E-state index contributed by atoms with van der Waals surface area (Å²) in [6.45, 7) is 2.23. The summed E-state index contributed by atoms with van der Waals surface area (Å²) >= 11 is 9.38. The van der Waals surface area contributed by atoms with Crippen molar-refractivity contribution in [2.24, 2.45) is 0 Å². The van der Waals surface area contributed by atoms with Crippen molar-refractivity contribution in [2.45, 2.75) is 19.6 Å². The highest BCUT2D eigenvalue weighted by Crippen LogP contribution is 2.20. The molecule has 1 unspecified atom stereocenters. The minimum absolute atomic E-state index is 0.256. The van der Waals surface area contributed by atoms with Crippen LogP contribution < -0.4 is 10.1 Å². The van der Waals surface area contributed by atoms with Crippen LogP contribution in [0.5, 0.6) is 5.75 Å². The number of rotatable bonds is 6. The smallest absolute Gasteiger partial charge is 0.266 e. The van der Waals surface area contributed by atoms with Gasteiger partial charge in [-0.2, -0.15) is 5.10 Å². The van der Waals surface area contributed by atoms with E-state index in [1.54, 1.807) is 48.1 Å². The maximum Gasteiger partial charge on any atom is 0.266 e. The van der Waals surface area contributed by atoms with E-state index in [9.17, 15) is 4.79 Å². The molecule has 5 nitrogen and oxygen atoms in total.